The van der Waals surface area contributed by atoms with Crippen LogP contribution in [0.15, 0.2) is 59.7 Å². The lowest BCUT2D eigenvalue weighted by Gasteiger charge is -2.45. The standard InChI is InChI=1S/C24H28N4O4/c1-30-20-4-2-3-18(13-20)14-26-22(29)21-16-28-11-8-25-23(28)24(32-21)6-9-27(10-7-24)15-19-5-12-31-17-19/h2-5,8,11-13,17,21H,6-7,9-10,14-16H2,1H3,(H,26,29). The average molecular weight is 437 g/mol. The highest BCUT2D eigenvalue weighted by molar-refractivity contribution is 5.81. The third-order valence-electron chi connectivity index (χ3n) is 6.40. The molecule has 168 valence electrons. The number of piperidine rings is 1. The van der Waals surface area contributed by atoms with Crippen LogP contribution in [0, 0.1) is 0 Å². The lowest BCUT2D eigenvalue weighted by molar-refractivity contribution is -0.174. The summed E-state index contributed by atoms with van der Waals surface area (Å²) in [5, 5.41) is 3.03. The molecule has 0 bridgehead atoms. The van der Waals surface area contributed by atoms with Crippen molar-refractivity contribution >= 4 is 5.91 Å². The van der Waals surface area contributed by atoms with Crippen LogP contribution in [0.3, 0.4) is 0 Å². The van der Waals surface area contributed by atoms with Crippen LogP contribution in [-0.4, -0.2) is 46.7 Å². The van der Waals surface area contributed by atoms with Crippen molar-refractivity contribution in [2.45, 2.75) is 44.2 Å². The molecule has 4 heterocycles. The summed E-state index contributed by atoms with van der Waals surface area (Å²) in [7, 11) is 1.64. The maximum absolute atomic E-state index is 13.0. The van der Waals surface area contributed by atoms with Gasteiger partial charge < -0.3 is 23.8 Å². The minimum Gasteiger partial charge on any atom is -0.497 e. The van der Waals surface area contributed by atoms with E-state index in [-0.39, 0.29) is 5.91 Å². The summed E-state index contributed by atoms with van der Waals surface area (Å²) in [6.45, 7) is 3.50. The summed E-state index contributed by atoms with van der Waals surface area (Å²) in [4.78, 5) is 20.0. The predicted molar refractivity (Wildman–Crippen MR) is 117 cm³/mol. The number of ether oxygens (including phenoxy) is 2. The summed E-state index contributed by atoms with van der Waals surface area (Å²) in [5.74, 6) is 1.60. The summed E-state index contributed by atoms with van der Waals surface area (Å²) in [6.07, 6.45) is 8.27. The molecule has 2 aliphatic heterocycles. The van der Waals surface area contributed by atoms with Gasteiger partial charge in [0.15, 0.2) is 6.10 Å². The highest BCUT2D eigenvalue weighted by atomic mass is 16.5. The molecule has 1 atom stereocenters. The lowest BCUT2D eigenvalue weighted by Crippen LogP contribution is -2.53. The molecule has 3 aromatic rings. The molecule has 2 aromatic heterocycles. The summed E-state index contributed by atoms with van der Waals surface area (Å²) < 4.78 is 19.0. The summed E-state index contributed by atoms with van der Waals surface area (Å²) >= 11 is 0. The van der Waals surface area contributed by atoms with Gasteiger partial charge >= 0.3 is 0 Å². The summed E-state index contributed by atoms with van der Waals surface area (Å²) in [5.41, 5.74) is 1.62. The Morgan fingerprint density at radius 3 is 2.94 bits per heavy atom. The number of imidazole rings is 1. The molecular weight excluding hydrogens is 408 g/mol. The Kier molecular flexibility index (Phi) is 5.71. The second-order valence-corrected chi connectivity index (χ2v) is 8.48. The van der Waals surface area contributed by atoms with Crippen molar-refractivity contribution < 1.29 is 18.7 Å². The Hall–Kier alpha value is -3.10. The van der Waals surface area contributed by atoms with E-state index in [2.05, 4.69) is 19.8 Å². The first-order valence-electron chi connectivity index (χ1n) is 11.0. The van der Waals surface area contributed by atoms with Gasteiger partial charge in [0.25, 0.3) is 5.91 Å². The molecule has 1 spiro atoms. The Morgan fingerprint density at radius 1 is 1.28 bits per heavy atom. The Labute approximate surface area is 187 Å². The van der Waals surface area contributed by atoms with Gasteiger partial charge in [-0.3, -0.25) is 9.69 Å². The SMILES string of the molecule is COc1cccc(CNC(=O)C2Cn3ccnc3C3(CCN(Cc4ccoc4)CC3)O2)c1. The number of benzene rings is 1. The molecule has 1 unspecified atom stereocenters. The van der Waals surface area contributed by atoms with Crippen molar-refractivity contribution in [2.24, 2.45) is 0 Å². The van der Waals surface area contributed by atoms with Crippen LogP contribution in [0.1, 0.15) is 29.8 Å². The predicted octanol–water partition coefficient (Wildman–Crippen LogP) is 2.69. The largest absolute Gasteiger partial charge is 0.497 e. The van der Waals surface area contributed by atoms with E-state index in [9.17, 15) is 4.79 Å². The van der Waals surface area contributed by atoms with E-state index in [4.69, 9.17) is 13.9 Å². The minimum absolute atomic E-state index is 0.104. The van der Waals surface area contributed by atoms with Crippen LogP contribution in [0.4, 0.5) is 0 Å². The first-order valence-corrected chi connectivity index (χ1v) is 11.0. The molecule has 0 radical (unpaired) electrons. The number of amides is 1. The fraction of sp³-hybridized carbons (Fsp3) is 0.417. The zero-order valence-electron chi connectivity index (χ0n) is 18.2. The quantitative estimate of drug-likeness (QED) is 0.640. The maximum Gasteiger partial charge on any atom is 0.251 e. The van der Waals surface area contributed by atoms with E-state index in [1.54, 1.807) is 25.8 Å². The lowest BCUT2D eigenvalue weighted by atomic mass is 9.88. The molecule has 0 saturated carbocycles. The third-order valence-corrected chi connectivity index (χ3v) is 6.40. The Bertz CT molecular complexity index is 1050. The fourth-order valence-electron chi connectivity index (χ4n) is 4.67. The van der Waals surface area contributed by atoms with Gasteiger partial charge in [0, 0.05) is 44.1 Å². The van der Waals surface area contributed by atoms with Crippen molar-refractivity contribution in [3.8, 4) is 5.75 Å². The van der Waals surface area contributed by atoms with Crippen LogP contribution in [0.5, 0.6) is 5.75 Å². The zero-order valence-corrected chi connectivity index (χ0v) is 18.2. The van der Waals surface area contributed by atoms with Gasteiger partial charge in [-0.15, -0.1) is 0 Å². The van der Waals surface area contributed by atoms with Gasteiger partial charge in [-0.05, 0) is 36.6 Å². The van der Waals surface area contributed by atoms with Crippen molar-refractivity contribution in [1.82, 2.24) is 19.8 Å². The van der Waals surface area contributed by atoms with Gasteiger partial charge in [0.2, 0.25) is 0 Å². The molecule has 1 fully saturated rings. The number of hydrogen-bond donors (Lipinski definition) is 1. The number of methoxy groups -OCH3 is 1. The minimum atomic E-state index is -0.553. The number of hydrogen-bond acceptors (Lipinski definition) is 6. The smallest absolute Gasteiger partial charge is 0.251 e. The molecule has 0 aliphatic carbocycles. The molecule has 1 N–H and O–H groups in total. The molecule has 8 nitrogen and oxygen atoms in total. The summed E-state index contributed by atoms with van der Waals surface area (Å²) in [6, 6.07) is 9.69. The van der Waals surface area contributed by atoms with Crippen LogP contribution in [0.25, 0.3) is 0 Å². The number of furan rings is 1. The van der Waals surface area contributed by atoms with E-state index >= 15 is 0 Å². The zero-order chi connectivity index (χ0) is 22.0. The van der Waals surface area contributed by atoms with Gasteiger partial charge in [-0.25, -0.2) is 4.98 Å². The number of likely N-dealkylation sites (tertiary alicyclic amines) is 1. The Balaban J connectivity index is 1.25. The van der Waals surface area contributed by atoms with Crippen LogP contribution in [0.2, 0.25) is 0 Å². The van der Waals surface area contributed by atoms with Gasteiger partial charge in [-0.1, -0.05) is 12.1 Å². The van der Waals surface area contributed by atoms with Crippen molar-refractivity contribution in [1.29, 1.82) is 0 Å². The number of nitrogens with one attached hydrogen (secondary N) is 1. The molecule has 1 saturated heterocycles. The number of carbonyl (C=O) groups excluding carboxylic acids is 1. The molecular formula is C24H28N4O4. The molecule has 8 heteroatoms. The van der Waals surface area contributed by atoms with Gasteiger partial charge in [0.1, 0.15) is 17.2 Å². The van der Waals surface area contributed by atoms with E-state index in [1.165, 1.54) is 5.56 Å². The number of aromatic nitrogens is 2. The topological polar surface area (TPSA) is 81.8 Å². The number of fused-ring (bicyclic) bond motifs is 2. The normalized spacial score (nSPS) is 20.1. The van der Waals surface area contributed by atoms with Gasteiger partial charge in [-0.2, -0.15) is 0 Å². The monoisotopic (exact) mass is 436 g/mol. The maximum atomic E-state index is 13.0. The van der Waals surface area contributed by atoms with Crippen LogP contribution in [-0.2, 0) is 34.8 Å². The van der Waals surface area contributed by atoms with Crippen LogP contribution >= 0.6 is 0 Å². The molecule has 1 aromatic carbocycles. The Morgan fingerprint density at radius 2 is 2.16 bits per heavy atom. The van der Waals surface area contributed by atoms with E-state index in [0.717, 1.165) is 49.6 Å². The highest BCUT2D eigenvalue weighted by Gasteiger charge is 2.47. The van der Waals surface area contributed by atoms with Crippen molar-refractivity contribution in [2.75, 3.05) is 20.2 Å². The van der Waals surface area contributed by atoms with E-state index in [0.29, 0.717) is 13.1 Å². The highest BCUT2D eigenvalue weighted by Crippen LogP contribution is 2.40. The van der Waals surface area contributed by atoms with E-state index in [1.807, 2.05) is 36.5 Å². The molecule has 1 amide bonds. The molecule has 2 aliphatic rings. The first kappa shape index (κ1) is 20.8. The molecule has 32 heavy (non-hydrogen) atoms. The van der Waals surface area contributed by atoms with Gasteiger partial charge in [0.05, 0.1) is 26.2 Å². The number of rotatable bonds is 6. The second-order valence-electron chi connectivity index (χ2n) is 8.48. The molecule has 5 rings (SSSR count). The first-order chi connectivity index (χ1) is 15.6. The number of carbonyl (C=O) groups is 1. The van der Waals surface area contributed by atoms with Crippen LogP contribution < -0.4 is 10.1 Å². The van der Waals surface area contributed by atoms with Crippen molar-refractivity contribution in [3.05, 3.63) is 72.2 Å². The van der Waals surface area contributed by atoms with E-state index < -0.39 is 11.7 Å². The number of nitrogens with zero attached hydrogens (tertiary/aromatic N) is 3. The average Bonchev–Trinajstić information content (AvgIpc) is 3.52. The van der Waals surface area contributed by atoms with Crippen molar-refractivity contribution in [3.63, 3.8) is 0 Å². The second kappa shape index (κ2) is 8.80. The third kappa shape index (κ3) is 4.16. The fourth-order valence-corrected chi connectivity index (χ4v) is 4.67.